The van der Waals surface area contributed by atoms with Gasteiger partial charge in [0, 0.05) is 26.4 Å². The zero-order valence-corrected chi connectivity index (χ0v) is 15.6. The number of hydrogen-bond acceptors (Lipinski definition) is 7. The van der Waals surface area contributed by atoms with Crippen LogP contribution in [0.4, 0.5) is 0 Å². The van der Waals surface area contributed by atoms with Crippen LogP contribution in [-0.2, 0) is 4.74 Å². The van der Waals surface area contributed by atoms with Crippen molar-refractivity contribution in [3.8, 4) is 11.8 Å². The molecule has 0 amide bonds. The minimum atomic E-state index is -0.267. The first-order chi connectivity index (χ1) is 13.7. The zero-order chi connectivity index (χ0) is 19.5. The fourth-order valence-corrected chi connectivity index (χ4v) is 3.50. The van der Waals surface area contributed by atoms with E-state index < -0.39 is 0 Å². The first-order valence-electron chi connectivity index (χ1n) is 9.13. The van der Waals surface area contributed by atoms with Crippen LogP contribution >= 0.6 is 0 Å². The van der Waals surface area contributed by atoms with Crippen molar-refractivity contribution >= 4 is 10.9 Å². The minimum Gasteiger partial charge on any atom is -0.422 e. The van der Waals surface area contributed by atoms with Crippen LogP contribution in [0.25, 0.3) is 10.9 Å². The molecule has 28 heavy (non-hydrogen) atoms. The first-order valence-corrected chi connectivity index (χ1v) is 9.13. The summed E-state index contributed by atoms with van der Waals surface area (Å²) in [4.78, 5) is 25.3. The minimum absolute atomic E-state index is 0.0530. The van der Waals surface area contributed by atoms with Crippen molar-refractivity contribution in [2.75, 3.05) is 20.2 Å². The summed E-state index contributed by atoms with van der Waals surface area (Å²) in [6.45, 7) is 5.62. The van der Waals surface area contributed by atoms with E-state index in [-0.39, 0.29) is 23.8 Å². The van der Waals surface area contributed by atoms with Crippen LogP contribution < -0.4 is 10.3 Å². The zero-order valence-electron chi connectivity index (χ0n) is 15.6. The maximum atomic E-state index is 12.1. The lowest BCUT2D eigenvalue weighted by atomic mass is 10.1. The van der Waals surface area contributed by atoms with Gasteiger partial charge in [0.2, 0.25) is 0 Å². The number of H-pyrrole nitrogens is 1. The average Bonchev–Trinajstić information content (AvgIpc) is 3.18. The van der Waals surface area contributed by atoms with E-state index >= 15 is 0 Å². The van der Waals surface area contributed by atoms with E-state index in [1.807, 2.05) is 17.0 Å². The second-order valence-corrected chi connectivity index (χ2v) is 6.65. The molecule has 1 aliphatic rings. The number of fused-ring (bicyclic) bond motifs is 1. The number of nitrogens with one attached hydrogen (secondary N) is 1. The summed E-state index contributed by atoms with van der Waals surface area (Å²) < 4.78 is 13.0. The van der Waals surface area contributed by atoms with Crippen LogP contribution in [0.5, 0.6) is 11.8 Å². The van der Waals surface area contributed by atoms with Crippen LogP contribution in [0.15, 0.2) is 48.3 Å². The summed E-state index contributed by atoms with van der Waals surface area (Å²) in [5, 5.41) is 4.89. The Morgan fingerprint density at radius 1 is 1.36 bits per heavy atom. The Morgan fingerprint density at radius 3 is 2.93 bits per heavy atom. The van der Waals surface area contributed by atoms with Gasteiger partial charge in [-0.05, 0) is 25.0 Å². The molecule has 1 unspecified atom stereocenters. The lowest BCUT2D eigenvalue weighted by Crippen LogP contribution is -2.41. The standard InChI is InChI=1S/C19H22N6O3/c1-3-17(27-2)24-8-5-13(6-9-24)25-12-14(10-21-25)28-19-22-16-11-20-7-4-15(16)18(26)23-19/h3-4,7,10-13,17H,1,5-6,8-9H2,2H3,(H,22,23,26). The van der Waals surface area contributed by atoms with E-state index in [4.69, 9.17) is 9.47 Å². The fourth-order valence-electron chi connectivity index (χ4n) is 3.50. The van der Waals surface area contributed by atoms with E-state index in [1.165, 1.54) is 6.20 Å². The van der Waals surface area contributed by atoms with Crippen molar-refractivity contribution in [2.24, 2.45) is 0 Å². The average molecular weight is 382 g/mol. The molecule has 1 saturated heterocycles. The lowest BCUT2D eigenvalue weighted by molar-refractivity contribution is -0.0152. The van der Waals surface area contributed by atoms with Gasteiger partial charge in [-0.15, -0.1) is 0 Å². The van der Waals surface area contributed by atoms with Gasteiger partial charge in [0.05, 0.1) is 35.5 Å². The second-order valence-electron chi connectivity index (χ2n) is 6.65. The predicted molar refractivity (Wildman–Crippen MR) is 103 cm³/mol. The van der Waals surface area contributed by atoms with Gasteiger partial charge in [-0.2, -0.15) is 10.1 Å². The van der Waals surface area contributed by atoms with E-state index in [2.05, 4.69) is 31.5 Å². The first kappa shape index (κ1) is 18.3. The van der Waals surface area contributed by atoms with Gasteiger partial charge in [-0.25, -0.2) is 0 Å². The molecular weight excluding hydrogens is 360 g/mol. The summed E-state index contributed by atoms with van der Waals surface area (Å²) in [7, 11) is 1.69. The van der Waals surface area contributed by atoms with Gasteiger partial charge in [-0.3, -0.25) is 24.3 Å². The molecule has 3 aromatic rings. The predicted octanol–water partition coefficient (Wildman–Crippen LogP) is 2.10. The number of likely N-dealkylation sites (tertiary alicyclic amines) is 1. The van der Waals surface area contributed by atoms with Crippen LogP contribution in [-0.4, -0.2) is 56.1 Å². The number of hydrogen-bond donors (Lipinski definition) is 1. The van der Waals surface area contributed by atoms with Crippen molar-refractivity contribution in [1.29, 1.82) is 0 Å². The smallest absolute Gasteiger partial charge is 0.302 e. The molecule has 0 aliphatic carbocycles. The summed E-state index contributed by atoms with van der Waals surface area (Å²) in [6.07, 6.45) is 10.2. The SMILES string of the molecule is C=CC(OC)N1CCC(n2cc(Oc3nc4cnccc4c(=O)[nH]3)cn2)CC1. The molecule has 1 N–H and O–H groups in total. The Hall–Kier alpha value is -3.04. The Morgan fingerprint density at radius 2 is 2.18 bits per heavy atom. The van der Waals surface area contributed by atoms with Gasteiger partial charge in [0.15, 0.2) is 5.75 Å². The van der Waals surface area contributed by atoms with E-state index in [1.54, 1.807) is 25.6 Å². The fraction of sp³-hybridized carbons (Fsp3) is 0.368. The Labute approximate surface area is 161 Å². The molecular formula is C19H22N6O3. The highest BCUT2D eigenvalue weighted by Crippen LogP contribution is 2.26. The third-order valence-corrected chi connectivity index (χ3v) is 4.96. The van der Waals surface area contributed by atoms with E-state index in [0.29, 0.717) is 16.7 Å². The van der Waals surface area contributed by atoms with Gasteiger partial charge in [0.25, 0.3) is 5.56 Å². The van der Waals surface area contributed by atoms with Crippen LogP contribution in [0, 0.1) is 0 Å². The molecule has 0 bridgehead atoms. The number of piperidine rings is 1. The van der Waals surface area contributed by atoms with E-state index in [0.717, 1.165) is 25.9 Å². The molecule has 1 fully saturated rings. The molecule has 9 nitrogen and oxygen atoms in total. The highest BCUT2D eigenvalue weighted by atomic mass is 16.5. The molecule has 0 aromatic carbocycles. The Kier molecular flexibility index (Phi) is 5.18. The summed E-state index contributed by atoms with van der Waals surface area (Å²) in [5.41, 5.74) is 0.216. The Balaban J connectivity index is 1.44. The quantitative estimate of drug-likeness (QED) is 0.652. The Bertz CT molecular complexity index is 1020. The van der Waals surface area contributed by atoms with Crippen molar-refractivity contribution < 1.29 is 9.47 Å². The third-order valence-electron chi connectivity index (χ3n) is 4.96. The second kappa shape index (κ2) is 7.91. The van der Waals surface area contributed by atoms with Gasteiger partial charge in [0.1, 0.15) is 6.23 Å². The normalized spacial score (nSPS) is 16.9. The summed E-state index contributed by atoms with van der Waals surface area (Å²) >= 11 is 0. The van der Waals surface area contributed by atoms with Crippen molar-refractivity contribution in [1.82, 2.24) is 29.6 Å². The van der Waals surface area contributed by atoms with Gasteiger partial charge < -0.3 is 9.47 Å². The third kappa shape index (κ3) is 3.67. The number of aromatic amines is 1. The number of rotatable bonds is 6. The molecule has 3 aromatic heterocycles. The van der Waals surface area contributed by atoms with Crippen molar-refractivity contribution in [3.63, 3.8) is 0 Å². The highest BCUT2D eigenvalue weighted by molar-refractivity contribution is 5.76. The number of nitrogens with zero attached hydrogens (tertiary/aromatic N) is 5. The lowest BCUT2D eigenvalue weighted by Gasteiger charge is -2.35. The van der Waals surface area contributed by atoms with Gasteiger partial charge >= 0.3 is 6.01 Å². The molecule has 1 aliphatic heterocycles. The maximum absolute atomic E-state index is 12.1. The molecule has 146 valence electrons. The number of aromatic nitrogens is 5. The number of methoxy groups -OCH3 is 1. The highest BCUT2D eigenvalue weighted by Gasteiger charge is 2.25. The van der Waals surface area contributed by atoms with Crippen LogP contribution in [0.3, 0.4) is 0 Å². The molecule has 0 radical (unpaired) electrons. The maximum Gasteiger partial charge on any atom is 0.302 e. The largest absolute Gasteiger partial charge is 0.422 e. The van der Waals surface area contributed by atoms with E-state index in [9.17, 15) is 4.79 Å². The van der Waals surface area contributed by atoms with Gasteiger partial charge in [-0.1, -0.05) is 6.58 Å². The molecule has 0 spiro atoms. The summed E-state index contributed by atoms with van der Waals surface area (Å²) in [6, 6.07) is 2.02. The number of ether oxygens (including phenoxy) is 2. The molecule has 0 saturated carbocycles. The summed E-state index contributed by atoms with van der Waals surface area (Å²) in [5.74, 6) is 0.523. The topological polar surface area (TPSA) is 98.2 Å². The molecule has 4 rings (SSSR count). The van der Waals surface area contributed by atoms with Crippen molar-refractivity contribution in [3.05, 3.63) is 53.9 Å². The molecule has 9 heteroatoms. The monoisotopic (exact) mass is 382 g/mol. The van der Waals surface area contributed by atoms with Crippen LogP contribution in [0.2, 0.25) is 0 Å². The van der Waals surface area contributed by atoms with Crippen LogP contribution in [0.1, 0.15) is 18.9 Å². The molecule has 4 heterocycles. The van der Waals surface area contributed by atoms with Crippen molar-refractivity contribution in [2.45, 2.75) is 25.1 Å². The molecule has 1 atom stereocenters. The number of pyridine rings is 1.